The van der Waals surface area contributed by atoms with Crippen LogP contribution in [0.1, 0.15) is 19.8 Å². The van der Waals surface area contributed by atoms with E-state index < -0.39 is 10.2 Å². The Morgan fingerprint density at radius 1 is 1.43 bits per heavy atom. The van der Waals surface area contributed by atoms with E-state index in [-0.39, 0.29) is 18.5 Å². The molecule has 1 aliphatic heterocycles. The Labute approximate surface area is 138 Å². The van der Waals surface area contributed by atoms with E-state index in [0.717, 1.165) is 18.5 Å². The molecule has 0 aromatic heterocycles. The van der Waals surface area contributed by atoms with Crippen LogP contribution in [0.5, 0.6) is 0 Å². The molecule has 0 bridgehead atoms. The summed E-state index contributed by atoms with van der Waals surface area (Å²) in [5.74, 6) is -0.321. The van der Waals surface area contributed by atoms with E-state index in [1.807, 2.05) is 30.3 Å². The molecule has 6 nitrogen and oxygen atoms in total. The number of nitrogens with zero attached hydrogens (tertiary/aromatic N) is 3. The summed E-state index contributed by atoms with van der Waals surface area (Å²) in [6, 6.07) is 12.0. The quantitative estimate of drug-likeness (QED) is 0.861. The Bertz CT molecular complexity index is 642. The largest absolute Gasteiger partial charge is 0.381 e. The monoisotopic (exact) mass is 336 g/mol. The Morgan fingerprint density at radius 3 is 2.78 bits per heavy atom. The summed E-state index contributed by atoms with van der Waals surface area (Å²) in [6.45, 7) is 2.91. The second-order valence-electron chi connectivity index (χ2n) is 6.03. The number of piperidine rings is 1. The molecule has 126 valence electrons. The molecule has 1 saturated heterocycles. The molecule has 0 aliphatic carbocycles. The lowest BCUT2D eigenvalue weighted by Gasteiger charge is -2.35. The van der Waals surface area contributed by atoms with Crippen molar-refractivity contribution in [1.29, 1.82) is 5.26 Å². The number of rotatable bonds is 6. The second kappa shape index (κ2) is 7.77. The molecule has 1 aliphatic rings. The van der Waals surface area contributed by atoms with Crippen molar-refractivity contribution in [2.45, 2.75) is 25.8 Å². The van der Waals surface area contributed by atoms with Crippen molar-refractivity contribution >= 4 is 15.9 Å². The van der Waals surface area contributed by atoms with Crippen molar-refractivity contribution in [2.75, 3.05) is 32.0 Å². The minimum atomic E-state index is -3.52. The predicted octanol–water partition coefficient (Wildman–Crippen LogP) is 1.90. The maximum atomic E-state index is 12.6. The van der Waals surface area contributed by atoms with Crippen molar-refractivity contribution in [2.24, 2.45) is 5.92 Å². The topological polar surface area (TPSA) is 76.4 Å². The van der Waals surface area contributed by atoms with Gasteiger partial charge in [0.25, 0.3) is 10.2 Å². The molecule has 1 aromatic rings. The lowest BCUT2D eigenvalue weighted by Crippen LogP contribution is -2.50. The highest BCUT2D eigenvalue weighted by molar-refractivity contribution is 7.86. The molecule has 1 aromatic carbocycles. The van der Waals surface area contributed by atoms with E-state index in [1.54, 1.807) is 6.92 Å². The van der Waals surface area contributed by atoms with Crippen LogP contribution in [0.25, 0.3) is 0 Å². The first kappa shape index (κ1) is 17.7. The summed E-state index contributed by atoms with van der Waals surface area (Å²) in [7, 11) is -1.98. The summed E-state index contributed by atoms with van der Waals surface area (Å²) < 4.78 is 28.1. The molecule has 1 fully saturated rings. The summed E-state index contributed by atoms with van der Waals surface area (Å²) in [6.07, 6.45) is 1.77. The molecule has 0 saturated carbocycles. The van der Waals surface area contributed by atoms with Crippen LogP contribution in [-0.4, -0.2) is 49.8 Å². The zero-order valence-electron chi connectivity index (χ0n) is 13.6. The second-order valence-corrected chi connectivity index (χ2v) is 8.06. The van der Waals surface area contributed by atoms with Crippen LogP contribution < -0.4 is 5.32 Å². The first-order chi connectivity index (χ1) is 10.9. The minimum Gasteiger partial charge on any atom is -0.381 e. The third-order valence-electron chi connectivity index (χ3n) is 4.00. The summed E-state index contributed by atoms with van der Waals surface area (Å²) >= 11 is 0. The summed E-state index contributed by atoms with van der Waals surface area (Å²) in [5.41, 5.74) is 1.00. The van der Waals surface area contributed by atoms with E-state index in [4.69, 9.17) is 5.26 Å². The first-order valence-electron chi connectivity index (χ1n) is 7.86. The smallest absolute Gasteiger partial charge is 0.281 e. The Kier molecular flexibility index (Phi) is 5.99. The van der Waals surface area contributed by atoms with Gasteiger partial charge in [-0.1, -0.05) is 18.2 Å². The third-order valence-corrected chi connectivity index (χ3v) is 5.92. The van der Waals surface area contributed by atoms with Crippen molar-refractivity contribution in [3.63, 3.8) is 0 Å². The van der Waals surface area contributed by atoms with Crippen LogP contribution in [0, 0.1) is 17.2 Å². The average molecular weight is 336 g/mol. The molecule has 0 amide bonds. The molecule has 1 heterocycles. The number of nitrogens with one attached hydrogen (secondary N) is 1. The van der Waals surface area contributed by atoms with E-state index in [1.165, 1.54) is 15.7 Å². The van der Waals surface area contributed by atoms with Crippen molar-refractivity contribution < 1.29 is 8.42 Å². The lowest BCUT2D eigenvalue weighted by molar-refractivity contribution is 0.297. The SMILES string of the molecule is C[C@@H](C#N)CN(C)S(=O)(=O)N1CCC[C@H](Nc2ccccc2)C1. The summed E-state index contributed by atoms with van der Waals surface area (Å²) in [4.78, 5) is 0. The summed E-state index contributed by atoms with van der Waals surface area (Å²) in [5, 5.41) is 12.3. The molecule has 0 radical (unpaired) electrons. The van der Waals surface area contributed by atoms with Gasteiger partial charge in [0.15, 0.2) is 0 Å². The molecule has 23 heavy (non-hydrogen) atoms. The van der Waals surface area contributed by atoms with Gasteiger partial charge in [0.05, 0.1) is 12.0 Å². The van der Waals surface area contributed by atoms with Crippen LogP contribution >= 0.6 is 0 Å². The molecule has 1 N–H and O–H groups in total. The Morgan fingerprint density at radius 2 is 2.13 bits per heavy atom. The molecular formula is C16H24N4O2S. The van der Waals surface area contributed by atoms with Crippen LogP contribution in [0.15, 0.2) is 30.3 Å². The molecule has 0 spiro atoms. The van der Waals surface area contributed by atoms with Gasteiger partial charge in [0.1, 0.15) is 0 Å². The number of nitriles is 1. The van der Waals surface area contributed by atoms with Crippen LogP contribution in [0.3, 0.4) is 0 Å². The number of benzene rings is 1. The van der Waals surface area contributed by atoms with Crippen molar-refractivity contribution in [3.8, 4) is 6.07 Å². The van der Waals surface area contributed by atoms with Gasteiger partial charge in [-0.25, -0.2) is 0 Å². The van der Waals surface area contributed by atoms with Gasteiger partial charge in [0, 0.05) is 38.4 Å². The van der Waals surface area contributed by atoms with Gasteiger partial charge in [-0.05, 0) is 31.9 Å². The van der Waals surface area contributed by atoms with E-state index in [9.17, 15) is 8.42 Å². The van der Waals surface area contributed by atoms with E-state index in [2.05, 4.69) is 11.4 Å². The molecule has 2 rings (SSSR count). The standard InChI is InChI=1S/C16H24N4O2S/c1-14(11-17)12-19(2)23(21,22)20-10-6-9-16(13-20)18-15-7-4-3-5-8-15/h3-5,7-8,14,16,18H,6,9-10,12-13H2,1-2H3/t14-,16-/m0/s1. The fourth-order valence-electron chi connectivity index (χ4n) is 2.76. The highest BCUT2D eigenvalue weighted by Gasteiger charge is 2.32. The Hall–Kier alpha value is -1.62. The molecule has 0 unspecified atom stereocenters. The molecule has 7 heteroatoms. The van der Waals surface area contributed by atoms with Crippen LogP contribution in [0.4, 0.5) is 5.69 Å². The third kappa shape index (κ3) is 4.67. The number of para-hydroxylation sites is 1. The maximum Gasteiger partial charge on any atom is 0.281 e. The van der Waals surface area contributed by atoms with Gasteiger partial charge in [0.2, 0.25) is 0 Å². The molecule has 2 atom stereocenters. The molecular weight excluding hydrogens is 312 g/mol. The van der Waals surface area contributed by atoms with Gasteiger partial charge >= 0.3 is 0 Å². The van der Waals surface area contributed by atoms with E-state index >= 15 is 0 Å². The van der Waals surface area contributed by atoms with Crippen LogP contribution in [0.2, 0.25) is 0 Å². The van der Waals surface area contributed by atoms with Crippen molar-refractivity contribution in [1.82, 2.24) is 8.61 Å². The highest BCUT2D eigenvalue weighted by Crippen LogP contribution is 2.20. The number of anilines is 1. The minimum absolute atomic E-state index is 0.0997. The predicted molar refractivity (Wildman–Crippen MR) is 91.0 cm³/mol. The van der Waals surface area contributed by atoms with Gasteiger partial charge in [-0.2, -0.15) is 22.3 Å². The maximum absolute atomic E-state index is 12.6. The van der Waals surface area contributed by atoms with Gasteiger partial charge in [-0.3, -0.25) is 0 Å². The van der Waals surface area contributed by atoms with Gasteiger partial charge < -0.3 is 5.32 Å². The number of hydrogen-bond donors (Lipinski definition) is 1. The highest BCUT2D eigenvalue weighted by atomic mass is 32.2. The first-order valence-corrected chi connectivity index (χ1v) is 9.26. The van der Waals surface area contributed by atoms with Gasteiger partial charge in [-0.15, -0.1) is 0 Å². The Balaban J connectivity index is 2.01. The number of hydrogen-bond acceptors (Lipinski definition) is 4. The average Bonchev–Trinajstić information content (AvgIpc) is 2.55. The normalized spacial score (nSPS) is 20.9. The zero-order chi connectivity index (χ0) is 16.9. The van der Waals surface area contributed by atoms with E-state index in [0.29, 0.717) is 13.1 Å². The fraction of sp³-hybridized carbons (Fsp3) is 0.562. The zero-order valence-corrected chi connectivity index (χ0v) is 14.5. The van der Waals surface area contributed by atoms with Crippen LogP contribution in [-0.2, 0) is 10.2 Å². The fourth-order valence-corrected chi connectivity index (χ4v) is 4.29. The van der Waals surface area contributed by atoms with Crippen molar-refractivity contribution in [3.05, 3.63) is 30.3 Å². The lowest BCUT2D eigenvalue weighted by atomic mass is 10.1.